The Labute approximate surface area is 169 Å². The van der Waals surface area contributed by atoms with Crippen molar-refractivity contribution in [1.82, 2.24) is 5.32 Å². The van der Waals surface area contributed by atoms with Crippen LogP contribution < -0.4 is 20.9 Å². The van der Waals surface area contributed by atoms with E-state index in [0.29, 0.717) is 17.9 Å². The Morgan fingerprint density at radius 2 is 1.66 bits per heavy atom. The lowest BCUT2D eigenvalue weighted by Crippen LogP contribution is -2.28. The van der Waals surface area contributed by atoms with Crippen molar-refractivity contribution in [2.24, 2.45) is 5.92 Å². The first-order valence-electron chi connectivity index (χ1n) is 9.85. The molecule has 1 unspecified atom stereocenters. The highest BCUT2D eigenvalue weighted by atomic mass is 16.2. The second kappa shape index (κ2) is 7.95. The van der Waals surface area contributed by atoms with Crippen LogP contribution in [0.2, 0.25) is 0 Å². The Balaban J connectivity index is 1.38. The predicted molar refractivity (Wildman–Crippen MR) is 112 cm³/mol. The number of aryl methyl sites for hydroxylation is 2. The van der Waals surface area contributed by atoms with Crippen molar-refractivity contribution in [3.8, 4) is 0 Å². The number of nitrogens with one attached hydrogen (secondary N) is 3. The number of anilines is 3. The molecular formula is C22H24N4O3. The van der Waals surface area contributed by atoms with Gasteiger partial charge in [0.25, 0.3) is 0 Å². The van der Waals surface area contributed by atoms with Crippen LogP contribution in [0.25, 0.3) is 0 Å². The summed E-state index contributed by atoms with van der Waals surface area (Å²) in [6, 6.07) is 12.7. The highest BCUT2D eigenvalue weighted by Crippen LogP contribution is 2.31. The first-order valence-corrected chi connectivity index (χ1v) is 9.85. The number of urea groups is 1. The predicted octanol–water partition coefficient (Wildman–Crippen LogP) is 2.92. The van der Waals surface area contributed by atoms with Crippen LogP contribution in [0, 0.1) is 5.92 Å². The average molecular weight is 392 g/mol. The van der Waals surface area contributed by atoms with Gasteiger partial charge in [0, 0.05) is 37.1 Å². The number of rotatable bonds is 4. The van der Waals surface area contributed by atoms with Crippen molar-refractivity contribution in [3.63, 3.8) is 0 Å². The minimum atomic E-state index is -0.389. The lowest BCUT2D eigenvalue weighted by atomic mass is 10.1. The fourth-order valence-electron chi connectivity index (χ4n) is 3.93. The Hall–Kier alpha value is -3.35. The van der Waals surface area contributed by atoms with E-state index in [-0.39, 0.29) is 30.2 Å². The quantitative estimate of drug-likeness (QED) is 0.747. The summed E-state index contributed by atoms with van der Waals surface area (Å²) in [5.41, 5.74) is 4.82. The highest BCUT2D eigenvalue weighted by molar-refractivity contribution is 6.03. The summed E-state index contributed by atoms with van der Waals surface area (Å²) >= 11 is 0. The summed E-state index contributed by atoms with van der Waals surface area (Å²) in [4.78, 5) is 38.2. The Bertz CT molecular complexity index is 955. The molecule has 4 amide bonds. The summed E-state index contributed by atoms with van der Waals surface area (Å²) < 4.78 is 0. The Kier molecular flexibility index (Phi) is 5.20. The highest BCUT2D eigenvalue weighted by Gasteiger charge is 2.35. The van der Waals surface area contributed by atoms with Crippen LogP contribution in [0.4, 0.5) is 21.9 Å². The number of carbonyl (C=O) groups excluding carboxylic acids is 3. The molecule has 0 saturated carbocycles. The molecule has 2 aliphatic rings. The van der Waals surface area contributed by atoms with Gasteiger partial charge >= 0.3 is 6.03 Å². The van der Waals surface area contributed by atoms with Gasteiger partial charge in [0.05, 0.1) is 5.92 Å². The van der Waals surface area contributed by atoms with Crippen molar-refractivity contribution in [2.75, 3.05) is 29.1 Å². The lowest BCUT2D eigenvalue weighted by Gasteiger charge is -2.18. The minimum Gasteiger partial charge on any atom is -0.341 e. The van der Waals surface area contributed by atoms with Crippen molar-refractivity contribution >= 4 is 34.9 Å². The van der Waals surface area contributed by atoms with Gasteiger partial charge in [-0.2, -0.15) is 0 Å². The molecule has 2 aromatic rings. The van der Waals surface area contributed by atoms with Crippen LogP contribution in [0.15, 0.2) is 42.5 Å². The van der Waals surface area contributed by atoms with Gasteiger partial charge in [0.2, 0.25) is 11.8 Å². The smallest absolute Gasteiger partial charge is 0.318 e. The summed E-state index contributed by atoms with van der Waals surface area (Å²) in [7, 11) is 1.54. The van der Waals surface area contributed by atoms with Gasteiger partial charge in [0.15, 0.2) is 0 Å². The van der Waals surface area contributed by atoms with E-state index in [1.807, 2.05) is 6.07 Å². The molecule has 0 radical (unpaired) electrons. The van der Waals surface area contributed by atoms with Crippen LogP contribution in [0.3, 0.4) is 0 Å². The number of fused-ring (bicyclic) bond motifs is 1. The fraction of sp³-hybridized carbons (Fsp3) is 0.318. The second-order valence-electron chi connectivity index (χ2n) is 7.48. The van der Waals surface area contributed by atoms with E-state index in [1.165, 1.54) is 11.1 Å². The topological polar surface area (TPSA) is 90.5 Å². The lowest BCUT2D eigenvalue weighted by molar-refractivity contribution is -0.122. The molecule has 7 heteroatoms. The van der Waals surface area contributed by atoms with E-state index in [9.17, 15) is 14.4 Å². The van der Waals surface area contributed by atoms with Gasteiger partial charge in [0.1, 0.15) is 0 Å². The molecular weight excluding hydrogens is 368 g/mol. The molecule has 1 fully saturated rings. The maximum atomic E-state index is 12.7. The monoisotopic (exact) mass is 392 g/mol. The fourth-order valence-corrected chi connectivity index (χ4v) is 3.93. The Morgan fingerprint density at radius 1 is 0.966 bits per heavy atom. The van der Waals surface area contributed by atoms with E-state index < -0.39 is 0 Å². The van der Waals surface area contributed by atoms with E-state index in [0.717, 1.165) is 24.9 Å². The number of nitrogens with zero attached hydrogens (tertiary/aromatic N) is 1. The SMILES string of the molecule is CNC(=O)Nc1ccc(NC(=O)C2CC(=O)N(c3ccc4c(c3)CCC4)C2)cc1. The number of carbonyl (C=O) groups is 3. The molecule has 0 spiro atoms. The molecule has 1 aliphatic carbocycles. The molecule has 0 aromatic heterocycles. The zero-order valence-corrected chi connectivity index (χ0v) is 16.3. The summed E-state index contributed by atoms with van der Waals surface area (Å²) in [6.07, 6.45) is 3.53. The summed E-state index contributed by atoms with van der Waals surface area (Å²) in [5.74, 6) is -0.582. The summed E-state index contributed by atoms with van der Waals surface area (Å²) in [5, 5.41) is 8.00. The third-order valence-electron chi connectivity index (χ3n) is 5.53. The number of hydrogen-bond acceptors (Lipinski definition) is 3. The third kappa shape index (κ3) is 4.08. The minimum absolute atomic E-state index is 0.0202. The number of benzene rings is 2. The van der Waals surface area contributed by atoms with E-state index in [2.05, 4.69) is 28.1 Å². The average Bonchev–Trinajstić information content (AvgIpc) is 3.35. The zero-order chi connectivity index (χ0) is 20.4. The molecule has 150 valence electrons. The molecule has 1 heterocycles. The maximum absolute atomic E-state index is 12.7. The van der Waals surface area contributed by atoms with E-state index in [4.69, 9.17) is 0 Å². The van der Waals surface area contributed by atoms with Crippen molar-refractivity contribution in [1.29, 1.82) is 0 Å². The molecule has 1 aliphatic heterocycles. The van der Waals surface area contributed by atoms with Crippen LogP contribution in [-0.2, 0) is 22.4 Å². The molecule has 1 atom stereocenters. The van der Waals surface area contributed by atoms with E-state index >= 15 is 0 Å². The number of hydrogen-bond donors (Lipinski definition) is 3. The van der Waals surface area contributed by atoms with Crippen LogP contribution in [0.5, 0.6) is 0 Å². The van der Waals surface area contributed by atoms with Gasteiger partial charge in [-0.05, 0) is 66.8 Å². The third-order valence-corrected chi connectivity index (χ3v) is 5.53. The van der Waals surface area contributed by atoms with Crippen LogP contribution in [0.1, 0.15) is 24.0 Å². The van der Waals surface area contributed by atoms with Crippen molar-refractivity contribution in [2.45, 2.75) is 25.7 Å². The molecule has 2 aromatic carbocycles. The van der Waals surface area contributed by atoms with Crippen molar-refractivity contribution < 1.29 is 14.4 Å². The Morgan fingerprint density at radius 3 is 2.38 bits per heavy atom. The molecule has 29 heavy (non-hydrogen) atoms. The molecule has 3 N–H and O–H groups in total. The van der Waals surface area contributed by atoms with E-state index in [1.54, 1.807) is 36.2 Å². The standard InChI is InChI=1S/C22H24N4O3/c1-23-22(29)25-18-8-6-17(7-9-18)24-21(28)16-12-20(27)26(13-16)19-10-5-14-3-2-4-15(14)11-19/h5-11,16H,2-4,12-13H2,1H3,(H,24,28)(H2,23,25,29). The van der Waals surface area contributed by atoms with Gasteiger partial charge in [-0.25, -0.2) is 4.79 Å². The van der Waals surface area contributed by atoms with Crippen LogP contribution >= 0.6 is 0 Å². The second-order valence-corrected chi connectivity index (χ2v) is 7.48. The molecule has 4 rings (SSSR count). The normalized spacial score (nSPS) is 17.8. The summed E-state index contributed by atoms with van der Waals surface area (Å²) in [6.45, 7) is 0.389. The van der Waals surface area contributed by atoms with Gasteiger partial charge in [-0.1, -0.05) is 6.07 Å². The zero-order valence-electron chi connectivity index (χ0n) is 16.3. The van der Waals surface area contributed by atoms with Crippen molar-refractivity contribution in [3.05, 3.63) is 53.6 Å². The molecule has 1 saturated heterocycles. The molecule has 0 bridgehead atoms. The van der Waals surface area contributed by atoms with Crippen LogP contribution in [-0.4, -0.2) is 31.4 Å². The van der Waals surface area contributed by atoms with Gasteiger partial charge in [-0.15, -0.1) is 0 Å². The first-order chi connectivity index (χ1) is 14.0. The molecule has 7 nitrogen and oxygen atoms in total. The largest absolute Gasteiger partial charge is 0.341 e. The van der Waals surface area contributed by atoms with Gasteiger partial charge in [-0.3, -0.25) is 9.59 Å². The maximum Gasteiger partial charge on any atom is 0.318 e. The van der Waals surface area contributed by atoms with Gasteiger partial charge < -0.3 is 20.9 Å². The first kappa shape index (κ1) is 19.0. The number of amides is 4.